The van der Waals surface area contributed by atoms with E-state index in [1.54, 1.807) is 23.1 Å². The highest BCUT2D eigenvalue weighted by atomic mass is 16.6. The first kappa shape index (κ1) is 54.7. The van der Waals surface area contributed by atoms with Crippen LogP contribution in [0.15, 0.2) is 43.0 Å². The van der Waals surface area contributed by atoms with Crippen LogP contribution >= 0.6 is 0 Å². The quantitative estimate of drug-likeness (QED) is 0.218. The summed E-state index contributed by atoms with van der Waals surface area (Å²) in [5.41, 5.74) is 2.73. The number of carboxylic acids is 1. The van der Waals surface area contributed by atoms with E-state index in [0.29, 0.717) is 66.1 Å². The van der Waals surface area contributed by atoms with Crippen LogP contribution in [0.1, 0.15) is 149 Å². The molecule has 1 saturated heterocycles. The number of amides is 2. The van der Waals surface area contributed by atoms with Gasteiger partial charge in [-0.1, -0.05) is 72.2 Å². The van der Waals surface area contributed by atoms with Gasteiger partial charge in [-0.3, -0.25) is 9.69 Å². The van der Waals surface area contributed by atoms with Crippen molar-refractivity contribution in [3.8, 4) is 38.5 Å². The minimum absolute atomic E-state index is 0.00680. The molecule has 2 amide bonds. The number of nitrogens with one attached hydrogen (secondary N) is 1. The Labute approximate surface area is 383 Å². The molecule has 63 heavy (non-hydrogen) atoms. The van der Waals surface area contributed by atoms with E-state index in [1.807, 2.05) is 53.7 Å². The van der Waals surface area contributed by atoms with E-state index >= 15 is 0 Å². The van der Waals surface area contributed by atoms with Gasteiger partial charge in [-0.05, 0) is 155 Å². The van der Waals surface area contributed by atoms with Gasteiger partial charge in [0.15, 0.2) is 0 Å². The summed E-state index contributed by atoms with van der Waals surface area (Å²) in [4.78, 5) is 42.4. The van der Waals surface area contributed by atoms with Crippen molar-refractivity contribution >= 4 is 23.5 Å². The zero-order valence-corrected chi connectivity index (χ0v) is 40.8. The first-order valence-electron chi connectivity index (χ1n) is 23.5. The second kappa shape index (κ2) is 23.5. The van der Waals surface area contributed by atoms with E-state index in [9.17, 15) is 19.5 Å². The minimum atomic E-state index is -0.875. The van der Waals surface area contributed by atoms with Crippen LogP contribution < -0.4 is 5.32 Å². The fourth-order valence-corrected chi connectivity index (χ4v) is 13.5. The smallest absolute Gasteiger partial charge is 0.410 e. The van der Waals surface area contributed by atoms with Crippen LogP contribution in [0.3, 0.4) is 0 Å². The highest BCUT2D eigenvalue weighted by Gasteiger charge is 2.66. The lowest BCUT2D eigenvalue weighted by Gasteiger charge is -2.68. The number of piperazine rings is 1. The molecule has 7 rings (SSSR count). The molecule has 5 fully saturated rings. The van der Waals surface area contributed by atoms with Crippen LogP contribution in [0.4, 0.5) is 4.79 Å². The zero-order valence-electron chi connectivity index (χ0n) is 40.8. The second-order valence-corrected chi connectivity index (χ2v) is 20.1. The maximum absolute atomic E-state index is 14.2. The molecular weight excluding hydrogens is 783 g/mol. The third kappa shape index (κ3) is 11.4. The number of terminal acetylenes is 3. The van der Waals surface area contributed by atoms with Gasteiger partial charge < -0.3 is 20.1 Å². The highest BCUT2D eigenvalue weighted by molar-refractivity contribution is 5.88. The molecule has 0 spiro atoms. The lowest BCUT2D eigenvalue weighted by molar-refractivity contribution is -0.181. The number of hydrogen-bond donors (Lipinski definition) is 2. The minimum Gasteiger partial charge on any atom is -0.478 e. The molecule has 1 heterocycles. The lowest BCUT2D eigenvalue weighted by atomic mass is 9.36. The number of allylic oxidation sites excluding steroid dienone is 3. The summed E-state index contributed by atoms with van der Waals surface area (Å²) in [6.07, 6.45) is 39.7. The Hall–Kier alpha value is -4.45. The molecule has 1 aliphatic heterocycles. The predicted octanol–water partition coefficient (Wildman–Crippen LogP) is 11.5. The fourth-order valence-electron chi connectivity index (χ4n) is 13.5. The molecule has 0 bridgehead atoms. The maximum Gasteiger partial charge on any atom is 0.410 e. The van der Waals surface area contributed by atoms with Gasteiger partial charge in [0.2, 0.25) is 5.91 Å². The Morgan fingerprint density at radius 3 is 1.97 bits per heavy atom. The number of hydrogen-bond acceptors (Lipinski definition) is 5. The number of carboxylic acid groups (broad SMARTS) is 1. The first-order chi connectivity index (χ1) is 29.9. The topological polar surface area (TPSA) is 99.2 Å². The number of ether oxygens (including phenoxy) is 1. The van der Waals surface area contributed by atoms with Crippen LogP contribution in [0.5, 0.6) is 0 Å². The largest absolute Gasteiger partial charge is 0.478 e. The third-order valence-electron chi connectivity index (χ3n) is 15.7. The van der Waals surface area contributed by atoms with Crippen LogP contribution in [0, 0.1) is 89.8 Å². The Morgan fingerprint density at radius 2 is 1.41 bits per heavy atom. The summed E-state index contributed by atoms with van der Waals surface area (Å²) in [5.74, 6) is 2.51. The van der Waals surface area contributed by atoms with E-state index in [1.165, 1.54) is 50.5 Å². The van der Waals surface area contributed by atoms with E-state index in [0.717, 1.165) is 44.5 Å². The van der Waals surface area contributed by atoms with Crippen LogP contribution in [-0.4, -0.2) is 77.7 Å². The summed E-state index contributed by atoms with van der Waals surface area (Å²) in [7, 11) is 0. The predicted molar refractivity (Wildman–Crippen MR) is 262 cm³/mol. The molecule has 1 aromatic rings. The Kier molecular flexibility index (Phi) is 20.4. The molecule has 8 nitrogen and oxygen atoms in total. The number of benzene rings is 1. The molecule has 348 valence electrons. The van der Waals surface area contributed by atoms with Gasteiger partial charge in [-0.2, -0.15) is 0 Å². The van der Waals surface area contributed by atoms with Gasteiger partial charge in [-0.25, -0.2) is 9.59 Å². The Bertz CT molecular complexity index is 1740. The summed E-state index contributed by atoms with van der Waals surface area (Å²) in [6, 6.07) is 7.54. The SMILES string of the molecule is C#C.C#C.C#C.C=CC.CC.CC(C)(C)OC(=O)N1CCN(CCNC(=O)[C@]23CCCC2[C@H]2CCC4[C@@](C)(CCC5C(C)(C)C(c6ccc(C(=O)O)cc6)=CC[C@@]54C)C2CC3)CC1. The molecule has 5 aliphatic carbocycles. The second-order valence-electron chi connectivity index (χ2n) is 20.1. The summed E-state index contributed by atoms with van der Waals surface area (Å²) in [5, 5.41) is 12.9. The molecule has 8 heteroatoms. The van der Waals surface area contributed by atoms with Crippen molar-refractivity contribution in [1.82, 2.24) is 15.1 Å². The van der Waals surface area contributed by atoms with E-state index in [-0.39, 0.29) is 22.3 Å². The van der Waals surface area contributed by atoms with Crippen molar-refractivity contribution < 1.29 is 24.2 Å². The average molecular weight is 866 g/mol. The maximum atomic E-state index is 14.2. The third-order valence-corrected chi connectivity index (χ3v) is 15.7. The highest BCUT2D eigenvalue weighted by Crippen LogP contribution is 2.73. The number of carbonyl (C=O) groups is 3. The number of carbonyl (C=O) groups excluding carboxylic acids is 2. The average Bonchev–Trinajstić information content (AvgIpc) is 3.72. The van der Waals surface area contributed by atoms with E-state index < -0.39 is 11.6 Å². The molecule has 8 atom stereocenters. The Morgan fingerprint density at radius 1 is 0.825 bits per heavy atom. The van der Waals surface area contributed by atoms with Crippen molar-refractivity contribution in [1.29, 1.82) is 0 Å². The normalized spacial score (nSPS) is 31.0. The molecule has 4 unspecified atom stereocenters. The fraction of sp³-hybridized carbons (Fsp3) is 0.655. The van der Waals surface area contributed by atoms with E-state index in [2.05, 4.69) is 89.1 Å². The molecule has 0 radical (unpaired) electrons. The Balaban J connectivity index is 0.00000115. The zero-order chi connectivity index (χ0) is 48.0. The standard InChI is InChI=1S/C44H65N3O5.C3H6.C2H6.3C2H2/c1-40(2,3)52-39(51)47-27-25-46(26-28-47)24-23-45-38(50)44-19-8-9-34(44)31-14-15-36-42(6,33(31)17-22-44)21-18-35-41(4,5)32(16-20-43(35,36)7)29-10-12-30(13-11-29)37(48)49;1-3-2;4*1-2/h10-13,16,31,33-36H,8-9,14-15,17-28H2,1-7H3,(H,45,50)(H,48,49);3H,1H2,2H3;1-2H3;3*1-2H/t31-,33?,34?,35?,36?,42-,43-,44-;;;;;/m0...../s1. The molecule has 2 N–H and O–H groups in total. The van der Waals surface area contributed by atoms with Crippen LogP contribution in [-0.2, 0) is 9.53 Å². The van der Waals surface area contributed by atoms with Crippen molar-refractivity contribution in [2.45, 2.75) is 139 Å². The van der Waals surface area contributed by atoms with Gasteiger partial charge in [0.1, 0.15) is 5.60 Å². The van der Waals surface area contributed by atoms with Crippen molar-refractivity contribution in [3.05, 3.63) is 54.1 Å². The van der Waals surface area contributed by atoms with Crippen molar-refractivity contribution in [2.75, 3.05) is 39.3 Å². The van der Waals surface area contributed by atoms with Gasteiger partial charge in [-0.15, -0.1) is 45.1 Å². The van der Waals surface area contributed by atoms with Crippen molar-refractivity contribution in [3.63, 3.8) is 0 Å². The summed E-state index contributed by atoms with van der Waals surface area (Å²) < 4.78 is 5.56. The summed E-state index contributed by atoms with van der Waals surface area (Å²) in [6.45, 7) is 29.5. The van der Waals surface area contributed by atoms with E-state index in [4.69, 9.17) is 4.74 Å². The van der Waals surface area contributed by atoms with Gasteiger partial charge >= 0.3 is 12.1 Å². The van der Waals surface area contributed by atoms with Crippen LogP contribution in [0.25, 0.3) is 5.57 Å². The van der Waals surface area contributed by atoms with Crippen molar-refractivity contribution in [2.24, 2.45) is 51.2 Å². The van der Waals surface area contributed by atoms with Gasteiger partial charge in [0.05, 0.1) is 11.0 Å². The lowest BCUT2D eigenvalue weighted by Crippen LogP contribution is -2.62. The molecular formula is C55H83N3O5. The number of rotatable bonds is 6. The number of aromatic carboxylic acids is 1. The van der Waals surface area contributed by atoms with Gasteiger partial charge in [0.25, 0.3) is 0 Å². The van der Waals surface area contributed by atoms with Gasteiger partial charge in [0, 0.05) is 39.3 Å². The molecule has 1 aromatic carbocycles. The number of fused-ring (bicyclic) bond motifs is 7. The first-order valence-corrected chi connectivity index (χ1v) is 23.5. The van der Waals surface area contributed by atoms with Crippen LogP contribution in [0.2, 0.25) is 0 Å². The number of nitrogens with zero attached hydrogens (tertiary/aromatic N) is 2. The molecule has 4 saturated carbocycles. The summed E-state index contributed by atoms with van der Waals surface area (Å²) >= 11 is 0. The molecule has 6 aliphatic rings. The monoisotopic (exact) mass is 866 g/mol. The molecule has 0 aromatic heterocycles.